The van der Waals surface area contributed by atoms with E-state index in [-0.39, 0.29) is 16.9 Å². The Morgan fingerprint density at radius 3 is 2.38 bits per heavy atom. The van der Waals surface area contributed by atoms with Crippen LogP contribution in [-0.2, 0) is 19.4 Å². The number of likely N-dealkylation sites (tertiary alicyclic amines) is 1. The SMILES string of the molecule is Cc1c(NC(=O)C2CCN(C)CC2)cc(Cl)cc1Nc1nccc(-c2cc(C#N)c3c(c2)[C@@](C)(CO[Si](C)(C)C(C)(C)C)CN3C(=O)OC(C)(C)C)n1. The van der Waals surface area contributed by atoms with E-state index >= 15 is 0 Å². The van der Waals surface area contributed by atoms with Crippen molar-refractivity contribution in [2.24, 2.45) is 5.92 Å². The third-order valence-corrected chi connectivity index (χ3v) is 15.4. The quantitative estimate of drug-likeness (QED) is 0.216. The Kier molecular flexibility index (Phi) is 11.4. The van der Waals surface area contributed by atoms with Crippen LogP contribution in [0, 0.1) is 24.2 Å². The summed E-state index contributed by atoms with van der Waals surface area (Å²) in [7, 11) is -0.0992. The van der Waals surface area contributed by atoms with Crippen LogP contribution in [0.2, 0.25) is 23.2 Å². The summed E-state index contributed by atoms with van der Waals surface area (Å²) in [5.41, 5.74) is 3.70. The van der Waals surface area contributed by atoms with Crippen LogP contribution in [0.5, 0.6) is 0 Å². The number of rotatable bonds is 8. The monoisotopic (exact) mass is 759 g/mol. The maximum atomic E-state index is 13.6. The number of benzene rings is 2. The molecule has 1 fully saturated rings. The number of carbonyl (C=O) groups is 2. The fourth-order valence-corrected chi connectivity index (χ4v) is 7.76. The van der Waals surface area contributed by atoms with Crippen molar-refractivity contribution < 1.29 is 18.8 Å². The number of carbonyl (C=O) groups excluding carboxylic acids is 2. The van der Waals surface area contributed by atoms with Gasteiger partial charge in [-0.1, -0.05) is 39.3 Å². The van der Waals surface area contributed by atoms with E-state index in [0.717, 1.165) is 37.1 Å². The largest absolute Gasteiger partial charge is 0.443 e. The highest BCUT2D eigenvalue weighted by molar-refractivity contribution is 6.74. The number of piperidine rings is 1. The number of amides is 2. The number of hydrogen-bond donors (Lipinski definition) is 2. The standard InChI is InChI=1S/C40H54ClN7O4Si/c1-25-32(44-35(49)26-13-16-47(9)17-14-26)20-29(41)21-33(25)46-36-43-15-12-31(45-36)27-18-28(22-42)34-30(19-27)40(8,24-51-53(10,11)39(5,6)7)23-48(34)37(50)52-38(2,3)4/h12,15,18-21,26H,13-14,16-17,23-24H2,1-11H3,(H,44,49)(H,43,45,46)/t40-/m1/s1. The Bertz CT molecular complexity index is 1930. The molecule has 3 heterocycles. The van der Waals surface area contributed by atoms with Crippen LogP contribution < -0.4 is 15.5 Å². The Hall–Kier alpha value is -4.02. The molecule has 2 aliphatic rings. The minimum absolute atomic E-state index is 0.00971. The second kappa shape index (κ2) is 15.0. The molecule has 2 N–H and O–H groups in total. The first-order valence-corrected chi connectivity index (χ1v) is 21.5. The molecule has 0 unspecified atom stereocenters. The van der Waals surface area contributed by atoms with Gasteiger partial charge in [-0.3, -0.25) is 9.69 Å². The first kappa shape index (κ1) is 40.2. The molecule has 2 aliphatic heterocycles. The molecule has 0 saturated carbocycles. The van der Waals surface area contributed by atoms with Crippen LogP contribution in [0.4, 0.5) is 27.8 Å². The van der Waals surface area contributed by atoms with Crippen LogP contribution in [0.25, 0.3) is 11.3 Å². The number of halogens is 1. The van der Waals surface area contributed by atoms with Gasteiger partial charge in [-0.05, 0) is 120 Å². The van der Waals surface area contributed by atoms with E-state index in [1.807, 2.05) is 33.8 Å². The number of aromatic nitrogens is 2. The minimum Gasteiger partial charge on any atom is -0.443 e. The van der Waals surface area contributed by atoms with Gasteiger partial charge in [0, 0.05) is 52.6 Å². The van der Waals surface area contributed by atoms with Crippen molar-refractivity contribution in [1.82, 2.24) is 14.9 Å². The molecule has 0 aliphatic carbocycles. The predicted molar refractivity (Wildman–Crippen MR) is 215 cm³/mol. The second-order valence-corrected chi connectivity index (χ2v) is 22.5. The number of nitriles is 1. The van der Waals surface area contributed by atoms with Gasteiger partial charge in [0.1, 0.15) is 11.7 Å². The average Bonchev–Trinajstić information content (AvgIpc) is 3.37. The molecular weight excluding hydrogens is 706 g/mol. The number of fused-ring (bicyclic) bond motifs is 1. The normalized spacial score (nSPS) is 18.4. The Morgan fingerprint density at radius 1 is 1.09 bits per heavy atom. The highest BCUT2D eigenvalue weighted by atomic mass is 35.5. The van der Waals surface area contributed by atoms with Gasteiger partial charge in [0.2, 0.25) is 11.9 Å². The molecule has 2 aromatic carbocycles. The van der Waals surface area contributed by atoms with Crippen molar-refractivity contribution in [1.29, 1.82) is 5.26 Å². The van der Waals surface area contributed by atoms with E-state index in [1.54, 1.807) is 35.4 Å². The second-order valence-electron chi connectivity index (χ2n) is 17.3. The van der Waals surface area contributed by atoms with Crippen LogP contribution in [0.3, 0.4) is 0 Å². The van der Waals surface area contributed by atoms with Crippen LogP contribution in [-0.4, -0.2) is 74.1 Å². The minimum atomic E-state index is -2.17. The molecule has 53 heavy (non-hydrogen) atoms. The Labute approximate surface area is 320 Å². The van der Waals surface area contributed by atoms with Gasteiger partial charge in [0.05, 0.1) is 16.9 Å². The topological polar surface area (TPSA) is 133 Å². The summed E-state index contributed by atoms with van der Waals surface area (Å²) in [6.07, 6.45) is 2.77. The number of anilines is 4. The molecule has 1 aromatic heterocycles. The molecule has 0 spiro atoms. The summed E-state index contributed by atoms with van der Waals surface area (Å²) in [6, 6.07) is 11.4. The van der Waals surface area contributed by atoms with Crippen molar-refractivity contribution in [2.45, 2.75) is 97.4 Å². The summed E-state index contributed by atoms with van der Waals surface area (Å²) in [4.78, 5) is 40.0. The van der Waals surface area contributed by atoms with Crippen molar-refractivity contribution in [3.05, 3.63) is 58.2 Å². The Morgan fingerprint density at radius 2 is 1.75 bits per heavy atom. The lowest BCUT2D eigenvalue weighted by Crippen LogP contribution is -2.46. The molecule has 2 amide bonds. The molecule has 3 aromatic rings. The average molecular weight is 760 g/mol. The highest BCUT2D eigenvalue weighted by Gasteiger charge is 2.47. The van der Waals surface area contributed by atoms with Crippen molar-refractivity contribution >= 4 is 54.9 Å². The fraction of sp³-hybridized carbons (Fsp3) is 0.525. The maximum Gasteiger partial charge on any atom is 0.414 e. The van der Waals surface area contributed by atoms with Crippen molar-refractivity contribution in [2.75, 3.05) is 48.8 Å². The van der Waals surface area contributed by atoms with E-state index in [2.05, 4.69) is 74.4 Å². The van der Waals surface area contributed by atoms with Crippen LogP contribution in [0.1, 0.15) is 78.0 Å². The smallest absolute Gasteiger partial charge is 0.414 e. The number of nitrogens with zero attached hydrogens (tertiary/aromatic N) is 5. The van der Waals surface area contributed by atoms with Gasteiger partial charge in [-0.2, -0.15) is 5.26 Å². The zero-order valence-corrected chi connectivity index (χ0v) is 34.8. The van der Waals surface area contributed by atoms with E-state index in [9.17, 15) is 14.9 Å². The zero-order valence-electron chi connectivity index (χ0n) is 33.0. The zero-order chi connectivity index (χ0) is 39.1. The van der Waals surface area contributed by atoms with E-state index in [1.165, 1.54) is 0 Å². The third-order valence-electron chi connectivity index (χ3n) is 10.7. The molecule has 0 bridgehead atoms. The lowest BCUT2D eigenvalue weighted by Gasteiger charge is -2.39. The summed E-state index contributed by atoms with van der Waals surface area (Å²) in [6.45, 7) is 22.9. The molecule has 284 valence electrons. The maximum absolute atomic E-state index is 13.6. The fourth-order valence-electron chi connectivity index (χ4n) is 6.43. The molecular formula is C40H54ClN7O4Si. The van der Waals surface area contributed by atoms with Gasteiger partial charge in [0.25, 0.3) is 0 Å². The van der Waals surface area contributed by atoms with Crippen molar-refractivity contribution in [3.8, 4) is 17.3 Å². The lowest BCUT2D eigenvalue weighted by atomic mass is 9.83. The van der Waals surface area contributed by atoms with Gasteiger partial charge >= 0.3 is 6.09 Å². The van der Waals surface area contributed by atoms with Crippen molar-refractivity contribution in [3.63, 3.8) is 0 Å². The lowest BCUT2D eigenvalue weighted by molar-refractivity contribution is -0.121. The predicted octanol–water partition coefficient (Wildman–Crippen LogP) is 9.04. The summed E-state index contributed by atoms with van der Waals surface area (Å²) in [5, 5.41) is 17.3. The van der Waals surface area contributed by atoms with Gasteiger partial charge in [-0.15, -0.1) is 0 Å². The third kappa shape index (κ3) is 9.03. The van der Waals surface area contributed by atoms with Gasteiger partial charge < -0.3 is 24.7 Å². The molecule has 0 radical (unpaired) electrons. The van der Waals surface area contributed by atoms with E-state index < -0.39 is 25.4 Å². The molecule has 1 saturated heterocycles. The van der Waals surface area contributed by atoms with E-state index in [0.29, 0.717) is 58.0 Å². The molecule has 11 nitrogen and oxygen atoms in total. The number of hydrogen-bond acceptors (Lipinski definition) is 9. The van der Waals surface area contributed by atoms with Crippen LogP contribution in [0.15, 0.2) is 36.5 Å². The summed E-state index contributed by atoms with van der Waals surface area (Å²) < 4.78 is 12.6. The molecule has 5 rings (SSSR count). The first-order chi connectivity index (χ1) is 24.6. The summed E-state index contributed by atoms with van der Waals surface area (Å²) in [5.74, 6) is 0.256. The van der Waals surface area contributed by atoms with Gasteiger partial charge in [0.15, 0.2) is 8.32 Å². The van der Waals surface area contributed by atoms with Gasteiger partial charge in [-0.25, -0.2) is 14.8 Å². The number of nitrogens with one attached hydrogen (secondary N) is 2. The Balaban J connectivity index is 1.49. The van der Waals surface area contributed by atoms with Crippen LogP contribution >= 0.6 is 11.6 Å². The molecule has 13 heteroatoms. The number of ether oxygens (including phenoxy) is 1. The molecule has 1 atom stereocenters. The first-order valence-electron chi connectivity index (χ1n) is 18.2. The highest BCUT2D eigenvalue weighted by Crippen LogP contribution is 2.47. The van der Waals surface area contributed by atoms with E-state index in [4.69, 9.17) is 25.7 Å². The summed E-state index contributed by atoms with van der Waals surface area (Å²) >= 11 is 6.55.